The molecule has 29 valence electrons. The molecular weight excluding hydrogens is 120 g/mol. The summed E-state index contributed by atoms with van der Waals surface area (Å²) in [5.74, 6) is 0. The first-order valence-electron chi connectivity index (χ1n) is 1.41. The van der Waals surface area contributed by atoms with Crippen LogP contribution in [0.25, 0.3) is 0 Å². The third-order valence-corrected chi connectivity index (χ3v) is 0. The van der Waals surface area contributed by atoms with E-state index >= 15 is 0 Å². The Bertz CT molecular complexity index is 7.51. The molecule has 1 radical (unpaired) electrons. The quantitative estimate of drug-likeness (QED) is 0.343. The minimum Gasteiger partial charge on any atom is -0.346 e. The maximum absolute atomic E-state index is 3.25. The molecule has 0 bridgehead atoms. The van der Waals surface area contributed by atoms with Crippen molar-refractivity contribution in [3.63, 3.8) is 0 Å². The van der Waals surface area contributed by atoms with E-state index in [0.29, 0.717) is 0 Å². The van der Waals surface area contributed by atoms with E-state index in [1.165, 1.54) is 0 Å². The fourth-order valence-electron chi connectivity index (χ4n) is 0. The van der Waals surface area contributed by atoms with Crippen molar-refractivity contribution in [2.45, 2.75) is 13.8 Å². The van der Waals surface area contributed by atoms with Crippen molar-refractivity contribution in [3.8, 4) is 0 Å². The van der Waals surface area contributed by atoms with E-state index < -0.39 is 0 Å². The number of rotatable bonds is 0. The SMILES string of the molecule is [CH2-]C.[CH2-]C.[Li].[Zn+2]. The first kappa shape index (κ1) is 26.9. The molecule has 6 heavy (non-hydrogen) atoms. The fraction of sp³-hybridized carbons (Fsp3) is 0.500. The van der Waals surface area contributed by atoms with Gasteiger partial charge in [0.25, 0.3) is 0 Å². The molecular formula is C4H10LiZn. The predicted molar refractivity (Wildman–Crippen MR) is 27.8 cm³/mol. The van der Waals surface area contributed by atoms with Gasteiger partial charge in [0.15, 0.2) is 0 Å². The van der Waals surface area contributed by atoms with Crippen molar-refractivity contribution >= 4 is 18.9 Å². The van der Waals surface area contributed by atoms with Gasteiger partial charge >= 0.3 is 19.5 Å². The van der Waals surface area contributed by atoms with Gasteiger partial charge in [-0.3, -0.25) is 0 Å². The average Bonchev–Trinajstić information content (AvgIpc) is 1.50. The summed E-state index contributed by atoms with van der Waals surface area (Å²) in [5, 5.41) is 0. The molecule has 0 N–H and O–H groups in total. The summed E-state index contributed by atoms with van der Waals surface area (Å²) in [6.07, 6.45) is 0. The van der Waals surface area contributed by atoms with Crippen LogP contribution in [-0.4, -0.2) is 18.9 Å². The van der Waals surface area contributed by atoms with Crippen LogP contribution in [0.4, 0.5) is 0 Å². The molecule has 0 amide bonds. The van der Waals surface area contributed by atoms with E-state index in [2.05, 4.69) is 13.8 Å². The van der Waals surface area contributed by atoms with Crippen LogP contribution in [0.15, 0.2) is 0 Å². The first-order valence-corrected chi connectivity index (χ1v) is 1.41. The molecule has 0 saturated heterocycles. The molecule has 0 fully saturated rings. The molecule has 0 aromatic carbocycles. The molecule has 0 aromatic heterocycles. The van der Waals surface area contributed by atoms with Crippen LogP contribution in [0.2, 0.25) is 0 Å². The molecule has 2 heteroatoms. The monoisotopic (exact) mass is 129 g/mol. The van der Waals surface area contributed by atoms with Crippen molar-refractivity contribution in [2.24, 2.45) is 0 Å². The summed E-state index contributed by atoms with van der Waals surface area (Å²) in [5.41, 5.74) is 0. The van der Waals surface area contributed by atoms with Gasteiger partial charge in [-0.1, -0.05) is 0 Å². The summed E-state index contributed by atoms with van der Waals surface area (Å²) < 4.78 is 0. The van der Waals surface area contributed by atoms with Crippen LogP contribution in [0, 0.1) is 13.8 Å². The zero-order chi connectivity index (χ0) is 4.00. The molecule has 0 saturated carbocycles. The smallest absolute Gasteiger partial charge is 0.346 e. The summed E-state index contributed by atoms with van der Waals surface area (Å²) in [6, 6.07) is 0. The maximum Gasteiger partial charge on any atom is 2.00 e. The van der Waals surface area contributed by atoms with E-state index in [1.54, 1.807) is 13.8 Å². The average molecular weight is 130 g/mol. The molecule has 0 rings (SSSR count). The van der Waals surface area contributed by atoms with Crippen LogP contribution in [-0.2, 0) is 19.5 Å². The zero-order valence-electron chi connectivity index (χ0n) is 5.12. The third-order valence-electron chi connectivity index (χ3n) is 0. The Kier molecular flexibility index (Phi) is 511. The Labute approximate surface area is 66.0 Å². The second-order valence-corrected chi connectivity index (χ2v) is 0. The standard InChI is InChI=1S/2C2H5.Li.Zn/c2*1-2;;/h2*1H2,2H3;;/q2*-1;;+2. The van der Waals surface area contributed by atoms with Gasteiger partial charge in [-0.15, -0.1) is 0 Å². The summed E-state index contributed by atoms with van der Waals surface area (Å²) in [4.78, 5) is 0. The normalized spacial score (nSPS) is 2.00. The van der Waals surface area contributed by atoms with Crippen molar-refractivity contribution in [3.05, 3.63) is 13.8 Å². The molecule has 0 heterocycles. The second kappa shape index (κ2) is 114. The minimum atomic E-state index is 0. The molecule has 0 unspecified atom stereocenters. The largest absolute Gasteiger partial charge is 2.00 e. The van der Waals surface area contributed by atoms with Gasteiger partial charge in [-0.2, -0.15) is 13.8 Å². The Morgan fingerprint density at radius 2 is 0.833 bits per heavy atom. The number of hydrogen-bond donors (Lipinski definition) is 0. The predicted octanol–water partition coefficient (Wildman–Crippen LogP) is 1.30. The van der Waals surface area contributed by atoms with Gasteiger partial charge in [-0.25, -0.2) is 0 Å². The molecule has 0 spiro atoms. The molecule has 0 atom stereocenters. The molecule has 0 nitrogen and oxygen atoms in total. The van der Waals surface area contributed by atoms with Gasteiger partial charge in [0.05, 0.1) is 0 Å². The van der Waals surface area contributed by atoms with Crippen molar-refractivity contribution < 1.29 is 19.5 Å². The summed E-state index contributed by atoms with van der Waals surface area (Å²) in [6.45, 7) is 10.0. The topological polar surface area (TPSA) is 0 Å². The van der Waals surface area contributed by atoms with Gasteiger partial charge in [0, 0.05) is 18.9 Å². The van der Waals surface area contributed by atoms with Crippen LogP contribution >= 0.6 is 0 Å². The van der Waals surface area contributed by atoms with E-state index in [0.717, 1.165) is 0 Å². The van der Waals surface area contributed by atoms with Crippen LogP contribution in [0.5, 0.6) is 0 Å². The zero-order valence-corrected chi connectivity index (χ0v) is 8.09. The third kappa shape index (κ3) is 62.4. The van der Waals surface area contributed by atoms with Gasteiger partial charge in [0.1, 0.15) is 0 Å². The summed E-state index contributed by atoms with van der Waals surface area (Å²) >= 11 is 0. The van der Waals surface area contributed by atoms with E-state index in [-0.39, 0.29) is 38.3 Å². The Morgan fingerprint density at radius 1 is 0.833 bits per heavy atom. The van der Waals surface area contributed by atoms with Gasteiger partial charge in [-0.05, 0) is 0 Å². The van der Waals surface area contributed by atoms with E-state index in [9.17, 15) is 0 Å². The first-order chi connectivity index (χ1) is 2.00. The molecule has 0 aliphatic heterocycles. The minimum absolute atomic E-state index is 0. The van der Waals surface area contributed by atoms with Crippen molar-refractivity contribution in [2.75, 3.05) is 0 Å². The van der Waals surface area contributed by atoms with Crippen LogP contribution in [0.1, 0.15) is 13.8 Å². The molecule has 0 aliphatic rings. The van der Waals surface area contributed by atoms with E-state index in [1.807, 2.05) is 0 Å². The van der Waals surface area contributed by atoms with Crippen molar-refractivity contribution in [1.29, 1.82) is 0 Å². The molecule has 0 aliphatic carbocycles. The van der Waals surface area contributed by atoms with Gasteiger partial charge < -0.3 is 13.8 Å². The van der Waals surface area contributed by atoms with Gasteiger partial charge in [0.2, 0.25) is 0 Å². The van der Waals surface area contributed by atoms with Crippen LogP contribution in [0.3, 0.4) is 0 Å². The maximum atomic E-state index is 3.25. The van der Waals surface area contributed by atoms with Crippen molar-refractivity contribution in [1.82, 2.24) is 0 Å². The fourth-order valence-corrected chi connectivity index (χ4v) is 0. The Morgan fingerprint density at radius 3 is 0.833 bits per heavy atom. The Hall–Kier alpha value is 1.22. The Balaban J connectivity index is -0.00000000500. The van der Waals surface area contributed by atoms with Crippen LogP contribution < -0.4 is 0 Å². The number of hydrogen-bond acceptors (Lipinski definition) is 0. The molecule has 0 aromatic rings. The van der Waals surface area contributed by atoms with E-state index in [4.69, 9.17) is 0 Å². The summed E-state index contributed by atoms with van der Waals surface area (Å²) in [7, 11) is 0. The second-order valence-electron chi connectivity index (χ2n) is 0.